The Morgan fingerprint density at radius 1 is 1.65 bits per heavy atom. The molecular weight excluding hydrogens is 310 g/mol. The molecule has 1 N–H and O–H groups in total. The van der Waals surface area contributed by atoms with Crippen LogP contribution in [0.25, 0.3) is 0 Å². The van der Waals surface area contributed by atoms with Gasteiger partial charge in [-0.25, -0.2) is 24.2 Å². The molecule has 1 aromatic heterocycles. The topological polar surface area (TPSA) is 71.5 Å². The lowest BCUT2D eigenvalue weighted by atomic mass is 10.5. The van der Waals surface area contributed by atoms with Crippen molar-refractivity contribution in [3.8, 4) is 0 Å². The number of nitrogens with one attached hydrogen (secondary N) is 1. The minimum absolute atomic E-state index is 0.180. The monoisotopic (exact) mass is 319 g/mol. The number of nitrogens with zero attached hydrogens (tertiary/aromatic N) is 2. The molecule has 1 heterocycles. The zero-order chi connectivity index (χ0) is 12.8. The van der Waals surface area contributed by atoms with Crippen molar-refractivity contribution in [2.24, 2.45) is 0 Å². The van der Waals surface area contributed by atoms with Crippen LogP contribution in [0.3, 0.4) is 0 Å². The number of aromatic nitrogens is 1. The van der Waals surface area contributed by atoms with E-state index in [9.17, 15) is 9.59 Å². The van der Waals surface area contributed by atoms with E-state index in [1.165, 1.54) is 6.20 Å². The van der Waals surface area contributed by atoms with Crippen LogP contribution in [0.5, 0.6) is 0 Å². The molecule has 0 saturated heterocycles. The lowest BCUT2D eigenvalue weighted by Crippen LogP contribution is -2.39. The van der Waals surface area contributed by atoms with Crippen LogP contribution in [0.4, 0.5) is 15.4 Å². The Bertz CT molecular complexity index is 430. The molecule has 0 saturated carbocycles. The Morgan fingerprint density at radius 3 is 2.94 bits per heavy atom. The number of rotatable bonds is 2. The van der Waals surface area contributed by atoms with Crippen molar-refractivity contribution in [1.82, 2.24) is 10.3 Å². The van der Waals surface area contributed by atoms with E-state index in [4.69, 9.17) is 0 Å². The summed E-state index contributed by atoms with van der Waals surface area (Å²) in [5.74, 6) is 0.276. The number of halogens is 1. The molecule has 0 spiro atoms. The molecule has 8 heteroatoms. The van der Waals surface area contributed by atoms with Crippen molar-refractivity contribution >= 4 is 46.7 Å². The third-order valence-electron chi connectivity index (χ3n) is 1.62. The molecule has 6 nitrogen and oxygen atoms in total. The first-order chi connectivity index (χ1) is 8.06. The van der Waals surface area contributed by atoms with Gasteiger partial charge in [0.15, 0.2) is 5.82 Å². The summed E-state index contributed by atoms with van der Waals surface area (Å²) >= 11 is 7.16. The minimum Gasteiger partial charge on any atom is -0.450 e. The Morgan fingerprint density at radius 2 is 2.35 bits per heavy atom. The second-order valence-corrected chi connectivity index (χ2v) is 4.03. The Kier molecular flexibility index (Phi) is 5.23. The number of carbonyl (C=O) groups excluding carboxylic acids is 2. The molecule has 0 aliphatic heterocycles. The van der Waals surface area contributed by atoms with Crippen LogP contribution in [-0.4, -0.2) is 23.7 Å². The third kappa shape index (κ3) is 3.90. The van der Waals surface area contributed by atoms with E-state index in [0.29, 0.717) is 4.47 Å². The summed E-state index contributed by atoms with van der Waals surface area (Å²) in [5, 5.41) is 1.99. The molecule has 0 unspecified atom stereocenters. The van der Waals surface area contributed by atoms with Crippen LogP contribution in [0.15, 0.2) is 22.8 Å². The summed E-state index contributed by atoms with van der Waals surface area (Å²) in [6, 6.07) is 2.65. The van der Waals surface area contributed by atoms with Gasteiger partial charge in [-0.05, 0) is 35.0 Å². The second-order valence-electron chi connectivity index (χ2n) is 2.77. The quantitative estimate of drug-likeness (QED) is 0.821. The lowest BCUT2D eigenvalue weighted by Gasteiger charge is -2.15. The highest BCUT2D eigenvalue weighted by atomic mass is 79.9. The predicted octanol–water partition coefficient (Wildman–Crippen LogP) is 2.36. The molecular formula is C9H10BrN3O3S. The van der Waals surface area contributed by atoms with E-state index in [-0.39, 0.29) is 12.4 Å². The molecule has 0 aromatic carbocycles. The van der Waals surface area contributed by atoms with Crippen molar-refractivity contribution in [3.05, 3.63) is 22.8 Å². The van der Waals surface area contributed by atoms with Crippen molar-refractivity contribution < 1.29 is 14.3 Å². The van der Waals surface area contributed by atoms with E-state index < -0.39 is 12.1 Å². The van der Waals surface area contributed by atoms with Crippen molar-refractivity contribution in [3.63, 3.8) is 0 Å². The largest absolute Gasteiger partial charge is 0.450 e. The van der Waals surface area contributed by atoms with Gasteiger partial charge in [-0.2, -0.15) is 0 Å². The molecule has 17 heavy (non-hydrogen) atoms. The molecule has 1 aromatic rings. The number of thiol groups is 1. The maximum Gasteiger partial charge on any atom is 0.415 e. The first-order valence-corrected chi connectivity index (χ1v) is 5.82. The Hall–Kier alpha value is -1.28. The van der Waals surface area contributed by atoms with Crippen LogP contribution in [0, 0.1) is 0 Å². The van der Waals surface area contributed by atoms with Gasteiger partial charge < -0.3 is 4.74 Å². The van der Waals surface area contributed by atoms with E-state index in [2.05, 4.69) is 38.5 Å². The number of anilines is 1. The molecule has 0 bridgehead atoms. The van der Waals surface area contributed by atoms with Gasteiger partial charge in [0, 0.05) is 6.20 Å². The van der Waals surface area contributed by atoms with Crippen molar-refractivity contribution in [1.29, 1.82) is 0 Å². The third-order valence-corrected chi connectivity index (χ3v) is 2.61. The van der Waals surface area contributed by atoms with Crippen LogP contribution in [0.2, 0.25) is 0 Å². The fourth-order valence-electron chi connectivity index (χ4n) is 0.937. The number of amides is 3. The molecule has 0 aliphatic carbocycles. The Balaban J connectivity index is 2.70. The SMILES string of the molecule is CCOC(=O)NC(=O)N(S)c1ncccc1Br. The van der Waals surface area contributed by atoms with Gasteiger partial charge in [0.2, 0.25) is 0 Å². The summed E-state index contributed by atoms with van der Waals surface area (Å²) < 4.78 is 6.05. The van der Waals surface area contributed by atoms with Crippen molar-refractivity contribution in [2.75, 3.05) is 10.9 Å². The molecule has 0 aliphatic rings. The van der Waals surface area contributed by atoms with Gasteiger partial charge in [-0.1, -0.05) is 12.8 Å². The highest BCUT2D eigenvalue weighted by molar-refractivity contribution is 9.10. The average Bonchev–Trinajstić information content (AvgIpc) is 2.29. The van der Waals surface area contributed by atoms with Gasteiger partial charge in [0.1, 0.15) is 0 Å². The number of pyridine rings is 1. The van der Waals surface area contributed by atoms with Crippen LogP contribution in [0.1, 0.15) is 6.92 Å². The zero-order valence-corrected chi connectivity index (χ0v) is 11.4. The van der Waals surface area contributed by atoms with E-state index in [1.807, 2.05) is 5.32 Å². The van der Waals surface area contributed by atoms with Crippen LogP contribution in [-0.2, 0) is 4.74 Å². The van der Waals surface area contributed by atoms with Gasteiger partial charge >= 0.3 is 12.1 Å². The number of hydrogen-bond donors (Lipinski definition) is 2. The normalized spacial score (nSPS) is 9.59. The van der Waals surface area contributed by atoms with Gasteiger partial charge in [-0.3, -0.25) is 0 Å². The van der Waals surface area contributed by atoms with Crippen LogP contribution >= 0.6 is 28.7 Å². The average molecular weight is 320 g/mol. The van der Waals surface area contributed by atoms with Gasteiger partial charge in [-0.15, -0.1) is 0 Å². The number of imide groups is 1. The number of hydrogen-bond acceptors (Lipinski definition) is 5. The summed E-state index contributed by atoms with van der Waals surface area (Å²) in [7, 11) is 0. The van der Waals surface area contributed by atoms with Crippen molar-refractivity contribution in [2.45, 2.75) is 6.92 Å². The first-order valence-electron chi connectivity index (χ1n) is 4.63. The van der Waals surface area contributed by atoms with E-state index >= 15 is 0 Å². The molecule has 92 valence electrons. The number of ether oxygens (including phenoxy) is 1. The fourth-order valence-corrected chi connectivity index (χ4v) is 1.72. The summed E-state index contributed by atoms with van der Waals surface area (Å²) in [6.07, 6.45) is 0.671. The number of urea groups is 1. The van der Waals surface area contributed by atoms with Gasteiger partial charge in [0.25, 0.3) is 0 Å². The predicted molar refractivity (Wildman–Crippen MR) is 69.0 cm³/mol. The summed E-state index contributed by atoms with van der Waals surface area (Å²) in [4.78, 5) is 26.5. The smallest absolute Gasteiger partial charge is 0.415 e. The highest BCUT2D eigenvalue weighted by Gasteiger charge is 2.18. The molecule has 0 radical (unpaired) electrons. The standard InChI is InChI=1S/C9H10BrN3O3S/c1-2-16-9(15)12-8(14)13(17)7-6(10)4-3-5-11-7/h3-5,17H,2H2,1H3,(H,12,14,15). The molecule has 1 rings (SSSR count). The molecule has 3 amide bonds. The number of carbonyl (C=O) groups is 2. The van der Waals surface area contributed by atoms with Crippen LogP contribution < -0.4 is 9.62 Å². The second kappa shape index (κ2) is 6.45. The van der Waals surface area contributed by atoms with E-state index in [1.54, 1.807) is 19.1 Å². The maximum atomic E-state index is 11.6. The summed E-state index contributed by atoms with van der Waals surface area (Å²) in [6.45, 7) is 1.82. The van der Waals surface area contributed by atoms with E-state index in [0.717, 1.165) is 4.31 Å². The first kappa shape index (κ1) is 13.8. The highest BCUT2D eigenvalue weighted by Crippen LogP contribution is 2.24. The maximum absolute atomic E-state index is 11.6. The molecule has 0 atom stereocenters. The lowest BCUT2D eigenvalue weighted by molar-refractivity contribution is 0.154. The summed E-state index contributed by atoms with van der Waals surface area (Å²) in [5.41, 5.74) is 0. The molecule has 0 fully saturated rings. The number of alkyl carbamates (subject to hydrolysis) is 1. The van der Waals surface area contributed by atoms with Gasteiger partial charge in [0.05, 0.1) is 11.1 Å². The fraction of sp³-hybridized carbons (Fsp3) is 0.222. The Labute approximate surface area is 112 Å². The minimum atomic E-state index is -0.830. The zero-order valence-electron chi connectivity index (χ0n) is 8.88.